The Labute approximate surface area is 204 Å². The number of aromatic nitrogens is 5. The van der Waals surface area contributed by atoms with Gasteiger partial charge >= 0.3 is 0 Å². The van der Waals surface area contributed by atoms with Gasteiger partial charge in [0, 0.05) is 43.8 Å². The zero-order valence-corrected chi connectivity index (χ0v) is 20.3. The van der Waals surface area contributed by atoms with Crippen molar-refractivity contribution in [2.75, 3.05) is 23.8 Å². The summed E-state index contributed by atoms with van der Waals surface area (Å²) >= 11 is 0. The van der Waals surface area contributed by atoms with Crippen molar-refractivity contribution in [3.8, 4) is 5.69 Å². The lowest BCUT2D eigenvalue weighted by Gasteiger charge is -2.23. The average molecular weight is 471 g/mol. The van der Waals surface area contributed by atoms with Gasteiger partial charge in [0.25, 0.3) is 5.56 Å². The molecule has 2 N–H and O–H groups in total. The fraction of sp³-hybridized carbons (Fsp3) is 0.308. The molecule has 0 bridgehead atoms. The normalized spacial score (nSPS) is 13.1. The van der Waals surface area contributed by atoms with Crippen LogP contribution in [0.4, 0.5) is 17.5 Å². The molecule has 0 saturated heterocycles. The van der Waals surface area contributed by atoms with Crippen molar-refractivity contribution >= 4 is 28.5 Å². The van der Waals surface area contributed by atoms with E-state index in [1.54, 1.807) is 23.2 Å². The summed E-state index contributed by atoms with van der Waals surface area (Å²) in [5, 5.41) is 7.16. The van der Waals surface area contributed by atoms with Crippen LogP contribution in [0.25, 0.3) is 16.7 Å². The molecule has 0 fully saturated rings. The van der Waals surface area contributed by atoms with Crippen LogP contribution in [-0.4, -0.2) is 43.9 Å². The van der Waals surface area contributed by atoms with E-state index in [1.807, 2.05) is 29.9 Å². The number of rotatable bonds is 7. The Morgan fingerprint density at radius 3 is 2.89 bits per heavy atom. The molecule has 0 unspecified atom stereocenters. The van der Waals surface area contributed by atoms with Crippen LogP contribution in [0.15, 0.2) is 60.2 Å². The summed E-state index contributed by atoms with van der Waals surface area (Å²) in [7, 11) is 2.00. The number of benzene rings is 1. The second-order valence-electron chi connectivity index (χ2n) is 9.03. The molecule has 1 aliphatic rings. The molecule has 0 spiro atoms. The van der Waals surface area contributed by atoms with Crippen molar-refractivity contribution in [2.45, 2.75) is 39.4 Å². The molecule has 0 radical (unpaired) electrons. The van der Waals surface area contributed by atoms with E-state index in [1.165, 1.54) is 11.1 Å². The maximum absolute atomic E-state index is 13.2. The Hall–Kier alpha value is -3.98. The van der Waals surface area contributed by atoms with E-state index in [0.29, 0.717) is 23.5 Å². The summed E-state index contributed by atoms with van der Waals surface area (Å²) in [6, 6.07) is 10.4. The number of fused-ring (bicyclic) bond motifs is 2. The summed E-state index contributed by atoms with van der Waals surface area (Å²) in [6.07, 6.45) is 6.03. The van der Waals surface area contributed by atoms with Gasteiger partial charge in [-0.1, -0.05) is 12.1 Å². The van der Waals surface area contributed by atoms with E-state index in [-0.39, 0.29) is 11.6 Å². The molecule has 4 heterocycles. The summed E-state index contributed by atoms with van der Waals surface area (Å²) in [5.41, 5.74) is 4.72. The SMILES string of the molecule is C=CCn1c(=O)c2cnc(Nc3ccc4c(c3)CCNC4)nc2n1-c1ccnc(N(C)C(C)C)c1. The molecule has 3 aromatic heterocycles. The van der Waals surface area contributed by atoms with Crippen molar-refractivity contribution in [2.24, 2.45) is 0 Å². The minimum Gasteiger partial charge on any atom is -0.357 e. The third-order valence-electron chi connectivity index (χ3n) is 6.44. The van der Waals surface area contributed by atoms with E-state index in [0.717, 1.165) is 36.7 Å². The van der Waals surface area contributed by atoms with Crippen molar-refractivity contribution in [3.05, 3.63) is 76.9 Å². The monoisotopic (exact) mass is 470 g/mol. The Balaban J connectivity index is 1.60. The van der Waals surface area contributed by atoms with Gasteiger partial charge in [-0.15, -0.1) is 6.58 Å². The first kappa shape index (κ1) is 22.8. The number of hydrogen-bond acceptors (Lipinski definition) is 7. The fourth-order valence-corrected chi connectivity index (χ4v) is 4.32. The van der Waals surface area contributed by atoms with E-state index in [2.05, 4.69) is 58.1 Å². The molecule has 0 amide bonds. The highest BCUT2D eigenvalue weighted by Crippen LogP contribution is 2.24. The second-order valence-corrected chi connectivity index (χ2v) is 9.03. The third kappa shape index (κ3) is 4.30. The van der Waals surface area contributed by atoms with E-state index in [4.69, 9.17) is 4.98 Å². The quantitative estimate of drug-likeness (QED) is 0.400. The molecule has 1 aromatic carbocycles. The first-order valence-corrected chi connectivity index (χ1v) is 11.8. The first-order valence-electron chi connectivity index (χ1n) is 11.8. The Morgan fingerprint density at radius 1 is 1.23 bits per heavy atom. The van der Waals surface area contributed by atoms with Crippen LogP contribution in [0.3, 0.4) is 0 Å². The predicted molar refractivity (Wildman–Crippen MR) is 140 cm³/mol. The molecule has 0 atom stereocenters. The van der Waals surface area contributed by atoms with Gasteiger partial charge in [-0.2, -0.15) is 4.98 Å². The second kappa shape index (κ2) is 9.34. The van der Waals surface area contributed by atoms with Gasteiger partial charge in [-0.25, -0.2) is 19.3 Å². The standard InChI is InChI=1S/C26H30N8O/c1-5-12-33-25(35)22-16-29-26(30-20-7-6-19-15-27-10-8-18(19)13-20)31-24(22)34(33)21-9-11-28-23(14-21)32(4)17(2)3/h5-7,9,11,13-14,16-17,27H,1,8,10,12,15H2,2-4H3,(H,29,30,31). The largest absolute Gasteiger partial charge is 0.357 e. The van der Waals surface area contributed by atoms with Gasteiger partial charge in [0.2, 0.25) is 5.95 Å². The Bertz CT molecular complexity index is 1450. The maximum atomic E-state index is 13.2. The lowest BCUT2D eigenvalue weighted by Crippen LogP contribution is -2.27. The summed E-state index contributed by atoms with van der Waals surface area (Å²) < 4.78 is 3.45. The lowest BCUT2D eigenvalue weighted by atomic mass is 10.0. The molecule has 35 heavy (non-hydrogen) atoms. The molecular formula is C26H30N8O. The summed E-state index contributed by atoms with van der Waals surface area (Å²) in [4.78, 5) is 29.0. The molecule has 0 saturated carbocycles. The van der Waals surface area contributed by atoms with Crippen LogP contribution >= 0.6 is 0 Å². The minimum absolute atomic E-state index is 0.164. The van der Waals surface area contributed by atoms with Gasteiger partial charge in [0.15, 0.2) is 5.65 Å². The molecule has 5 rings (SSSR count). The predicted octanol–water partition coefficient (Wildman–Crippen LogP) is 3.40. The molecule has 1 aliphatic heterocycles. The first-order chi connectivity index (χ1) is 17.0. The third-order valence-corrected chi connectivity index (χ3v) is 6.44. The number of allylic oxidation sites excluding steroid dienone is 1. The summed E-state index contributed by atoms with van der Waals surface area (Å²) in [5.74, 6) is 1.25. The van der Waals surface area contributed by atoms with Gasteiger partial charge < -0.3 is 15.5 Å². The van der Waals surface area contributed by atoms with Gasteiger partial charge in [-0.3, -0.25) is 4.79 Å². The lowest BCUT2D eigenvalue weighted by molar-refractivity contribution is 0.605. The molecule has 4 aromatic rings. The molecule has 9 nitrogen and oxygen atoms in total. The van der Waals surface area contributed by atoms with Crippen molar-refractivity contribution in [3.63, 3.8) is 0 Å². The van der Waals surface area contributed by atoms with Crippen LogP contribution in [0.5, 0.6) is 0 Å². The number of hydrogen-bond donors (Lipinski definition) is 2. The van der Waals surface area contributed by atoms with E-state index < -0.39 is 0 Å². The van der Waals surface area contributed by atoms with Gasteiger partial charge in [0.1, 0.15) is 11.2 Å². The van der Waals surface area contributed by atoms with Gasteiger partial charge in [0.05, 0.1) is 12.2 Å². The number of nitrogens with one attached hydrogen (secondary N) is 2. The van der Waals surface area contributed by atoms with Crippen molar-refractivity contribution < 1.29 is 0 Å². The zero-order valence-electron chi connectivity index (χ0n) is 20.3. The molecular weight excluding hydrogens is 440 g/mol. The van der Waals surface area contributed by atoms with Crippen LogP contribution < -0.4 is 21.1 Å². The van der Waals surface area contributed by atoms with Crippen molar-refractivity contribution in [1.82, 2.24) is 29.6 Å². The fourth-order valence-electron chi connectivity index (χ4n) is 4.32. The molecule has 9 heteroatoms. The minimum atomic E-state index is -0.164. The van der Waals surface area contributed by atoms with E-state index >= 15 is 0 Å². The average Bonchev–Trinajstić information content (AvgIpc) is 3.14. The van der Waals surface area contributed by atoms with Crippen LogP contribution in [-0.2, 0) is 19.5 Å². The zero-order chi connectivity index (χ0) is 24.5. The van der Waals surface area contributed by atoms with Crippen LogP contribution in [0, 0.1) is 0 Å². The van der Waals surface area contributed by atoms with Crippen LogP contribution in [0.1, 0.15) is 25.0 Å². The Kier molecular flexibility index (Phi) is 6.08. The topological polar surface area (TPSA) is 92.9 Å². The smallest absolute Gasteiger partial charge is 0.278 e. The highest BCUT2D eigenvalue weighted by molar-refractivity contribution is 5.77. The number of pyridine rings is 1. The van der Waals surface area contributed by atoms with Crippen LogP contribution in [0.2, 0.25) is 0 Å². The maximum Gasteiger partial charge on any atom is 0.278 e. The molecule has 0 aliphatic carbocycles. The van der Waals surface area contributed by atoms with Gasteiger partial charge in [-0.05, 0) is 56.1 Å². The highest BCUT2D eigenvalue weighted by atomic mass is 16.1. The van der Waals surface area contributed by atoms with E-state index in [9.17, 15) is 4.79 Å². The summed E-state index contributed by atoms with van der Waals surface area (Å²) in [6.45, 7) is 10.3. The number of nitrogens with zero attached hydrogens (tertiary/aromatic N) is 6. The number of anilines is 3. The Morgan fingerprint density at radius 2 is 2.09 bits per heavy atom. The highest BCUT2D eigenvalue weighted by Gasteiger charge is 2.18. The molecule has 180 valence electrons. The van der Waals surface area contributed by atoms with Crippen molar-refractivity contribution in [1.29, 1.82) is 0 Å².